The fourth-order valence-corrected chi connectivity index (χ4v) is 1.64. The van der Waals surface area contributed by atoms with Gasteiger partial charge in [-0.3, -0.25) is 9.42 Å². The third-order valence-electron chi connectivity index (χ3n) is 2.38. The second-order valence-corrected chi connectivity index (χ2v) is 5.54. The number of hydrogen-bond acceptors (Lipinski definition) is 7. The minimum Gasteiger partial charge on any atom is -0.395 e. The average Bonchev–Trinajstić information content (AvgIpc) is 2.43. The Morgan fingerprint density at radius 1 is 0.909 bits per heavy atom. The number of hydrogen-bond donors (Lipinski definition) is 5. The summed E-state index contributed by atoms with van der Waals surface area (Å²) in [4.78, 5) is 18.3. The van der Waals surface area contributed by atoms with Crippen LogP contribution in [-0.2, 0) is 13.8 Å². The van der Waals surface area contributed by atoms with Crippen LogP contribution in [0.15, 0.2) is 0 Å². The van der Waals surface area contributed by atoms with Gasteiger partial charge in [-0.05, 0) is 6.42 Å². The predicted molar refractivity (Wildman–Crippen MR) is 81.4 cm³/mol. The summed E-state index contributed by atoms with van der Waals surface area (Å²) in [6.07, 6.45) is 2.00. The molecule has 0 atom stereocenters. The van der Waals surface area contributed by atoms with Gasteiger partial charge in [0.15, 0.2) is 0 Å². The zero-order chi connectivity index (χ0) is 17.3. The highest BCUT2D eigenvalue weighted by Crippen LogP contribution is 2.35. The molecule has 0 aromatic heterocycles. The van der Waals surface area contributed by atoms with Crippen molar-refractivity contribution in [3.8, 4) is 0 Å². The molecule has 0 unspecified atom stereocenters. The van der Waals surface area contributed by atoms with Gasteiger partial charge in [0.25, 0.3) is 0 Å². The first kappa shape index (κ1) is 24.2. The third kappa shape index (κ3) is 22.2. The van der Waals surface area contributed by atoms with E-state index in [4.69, 9.17) is 29.8 Å². The fraction of sp³-hybridized carbons (Fsp3) is 1.00. The van der Waals surface area contributed by atoms with Crippen LogP contribution in [0.3, 0.4) is 0 Å². The highest BCUT2D eigenvalue weighted by molar-refractivity contribution is 7.46. The summed E-state index contributed by atoms with van der Waals surface area (Å²) in [6.45, 7) is 4.57. The second-order valence-electron chi connectivity index (χ2n) is 4.30. The summed E-state index contributed by atoms with van der Waals surface area (Å²) in [5.41, 5.74) is 0. The Labute approximate surface area is 131 Å². The summed E-state index contributed by atoms with van der Waals surface area (Å²) in [6, 6.07) is 0. The van der Waals surface area contributed by atoms with Gasteiger partial charge in [-0.15, -0.1) is 0 Å². The molecule has 0 fully saturated rings. The van der Waals surface area contributed by atoms with E-state index in [2.05, 4.69) is 4.52 Å². The number of ether oxygens (including phenoxy) is 1. The van der Waals surface area contributed by atoms with Crippen molar-refractivity contribution < 1.29 is 38.9 Å². The second kappa shape index (κ2) is 17.3. The zero-order valence-electron chi connectivity index (χ0n) is 13.1. The van der Waals surface area contributed by atoms with Crippen LogP contribution in [0.5, 0.6) is 0 Å². The van der Waals surface area contributed by atoms with E-state index in [0.717, 1.165) is 12.8 Å². The molecule has 0 aliphatic rings. The lowest BCUT2D eigenvalue weighted by Gasteiger charge is -2.17. The topological polar surface area (TPSA) is 140 Å². The zero-order valence-corrected chi connectivity index (χ0v) is 14.0. The van der Waals surface area contributed by atoms with Gasteiger partial charge in [0.05, 0.1) is 33.0 Å². The largest absolute Gasteiger partial charge is 0.469 e. The number of unbranched alkanes of at least 4 members (excludes halogenated alkanes) is 1. The highest BCUT2D eigenvalue weighted by Gasteiger charge is 2.12. The van der Waals surface area contributed by atoms with Gasteiger partial charge in [-0.25, -0.2) is 4.57 Å². The SMILES string of the molecule is CCCCOCCOP(=O)(O)O.OCCN(CCO)CCO. The van der Waals surface area contributed by atoms with Crippen molar-refractivity contribution in [3.05, 3.63) is 0 Å². The Morgan fingerprint density at radius 3 is 1.77 bits per heavy atom. The molecule has 0 saturated heterocycles. The number of nitrogens with zero attached hydrogens (tertiary/aromatic N) is 1. The molecule has 0 saturated carbocycles. The van der Waals surface area contributed by atoms with E-state index < -0.39 is 7.82 Å². The molecule has 0 spiro atoms. The van der Waals surface area contributed by atoms with Crippen LogP contribution in [0.4, 0.5) is 0 Å². The standard InChI is InChI=1S/C6H15NO3.C6H15O5P/c8-4-1-7(2-5-9)3-6-10;1-2-3-4-10-5-6-11-12(7,8)9/h8-10H,1-6H2;2-6H2,1H3,(H2,7,8,9). The van der Waals surface area contributed by atoms with E-state index in [1.165, 1.54) is 0 Å². The van der Waals surface area contributed by atoms with Crippen LogP contribution in [-0.4, -0.2) is 89.3 Å². The van der Waals surface area contributed by atoms with Crippen LogP contribution in [0.2, 0.25) is 0 Å². The van der Waals surface area contributed by atoms with Gasteiger partial charge in [0.2, 0.25) is 0 Å². The first-order valence-electron chi connectivity index (χ1n) is 7.24. The summed E-state index contributed by atoms with van der Waals surface area (Å²) in [7, 11) is -4.30. The Balaban J connectivity index is 0. The molecule has 0 radical (unpaired) electrons. The third-order valence-corrected chi connectivity index (χ3v) is 2.90. The molecule has 0 aromatic carbocycles. The van der Waals surface area contributed by atoms with Crippen LogP contribution in [0.25, 0.3) is 0 Å². The lowest BCUT2D eigenvalue weighted by Crippen LogP contribution is -2.32. The molecule has 136 valence electrons. The van der Waals surface area contributed by atoms with Gasteiger partial charge in [-0.1, -0.05) is 13.3 Å². The molecule has 22 heavy (non-hydrogen) atoms. The van der Waals surface area contributed by atoms with E-state index in [-0.39, 0.29) is 33.0 Å². The van der Waals surface area contributed by atoms with Crippen molar-refractivity contribution in [2.24, 2.45) is 0 Å². The number of phosphoric acid groups is 1. The number of aliphatic hydroxyl groups excluding tert-OH is 3. The van der Waals surface area contributed by atoms with Crippen LogP contribution >= 0.6 is 7.82 Å². The Hall–Kier alpha value is -0.0900. The van der Waals surface area contributed by atoms with Gasteiger partial charge in [0, 0.05) is 26.2 Å². The first-order chi connectivity index (χ1) is 10.4. The molecule has 0 aliphatic carbocycles. The normalized spacial score (nSPS) is 11.4. The van der Waals surface area contributed by atoms with Crippen molar-refractivity contribution in [2.75, 3.05) is 59.3 Å². The molecule has 0 aliphatic heterocycles. The van der Waals surface area contributed by atoms with E-state index >= 15 is 0 Å². The van der Waals surface area contributed by atoms with Crippen molar-refractivity contribution in [3.63, 3.8) is 0 Å². The van der Waals surface area contributed by atoms with Gasteiger partial charge in [-0.2, -0.15) is 0 Å². The first-order valence-corrected chi connectivity index (χ1v) is 8.77. The monoisotopic (exact) mass is 347 g/mol. The molecular weight excluding hydrogens is 317 g/mol. The predicted octanol–water partition coefficient (Wildman–Crippen LogP) is -0.822. The van der Waals surface area contributed by atoms with Crippen molar-refractivity contribution in [2.45, 2.75) is 19.8 Å². The number of phosphoric ester groups is 1. The van der Waals surface area contributed by atoms with Gasteiger partial charge in [0.1, 0.15) is 0 Å². The van der Waals surface area contributed by atoms with E-state index in [9.17, 15) is 4.57 Å². The molecule has 5 N–H and O–H groups in total. The van der Waals surface area contributed by atoms with Crippen molar-refractivity contribution in [1.29, 1.82) is 0 Å². The molecular formula is C12H30NO8P. The Morgan fingerprint density at radius 2 is 1.41 bits per heavy atom. The minimum atomic E-state index is -4.30. The molecule has 9 nitrogen and oxygen atoms in total. The van der Waals surface area contributed by atoms with Gasteiger partial charge < -0.3 is 29.8 Å². The Kier molecular flexibility index (Phi) is 19.0. The molecule has 0 amide bonds. The van der Waals surface area contributed by atoms with Crippen LogP contribution in [0, 0.1) is 0 Å². The summed E-state index contributed by atoms with van der Waals surface area (Å²) >= 11 is 0. The van der Waals surface area contributed by atoms with E-state index in [1.54, 1.807) is 4.90 Å². The number of rotatable bonds is 13. The summed E-state index contributed by atoms with van der Waals surface area (Å²) < 4.78 is 19.3. The maximum atomic E-state index is 10.1. The lowest BCUT2D eigenvalue weighted by atomic mass is 10.4. The summed E-state index contributed by atoms with van der Waals surface area (Å²) in [5, 5.41) is 25.5. The average molecular weight is 347 g/mol. The van der Waals surface area contributed by atoms with E-state index in [1.807, 2.05) is 6.92 Å². The minimum absolute atomic E-state index is 0.0615. The van der Waals surface area contributed by atoms with E-state index in [0.29, 0.717) is 26.2 Å². The summed E-state index contributed by atoms with van der Waals surface area (Å²) in [5.74, 6) is 0. The molecule has 0 heterocycles. The lowest BCUT2D eigenvalue weighted by molar-refractivity contribution is 0.0839. The molecule has 0 bridgehead atoms. The maximum Gasteiger partial charge on any atom is 0.469 e. The smallest absolute Gasteiger partial charge is 0.395 e. The maximum absolute atomic E-state index is 10.1. The van der Waals surface area contributed by atoms with Crippen LogP contribution < -0.4 is 0 Å². The number of aliphatic hydroxyl groups is 3. The molecule has 10 heteroatoms. The van der Waals surface area contributed by atoms with Gasteiger partial charge >= 0.3 is 7.82 Å². The van der Waals surface area contributed by atoms with Crippen LogP contribution in [0.1, 0.15) is 19.8 Å². The van der Waals surface area contributed by atoms with Crippen molar-refractivity contribution in [1.82, 2.24) is 4.90 Å². The fourth-order valence-electron chi connectivity index (χ4n) is 1.32. The van der Waals surface area contributed by atoms with Crippen molar-refractivity contribution >= 4 is 7.82 Å². The highest BCUT2D eigenvalue weighted by atomic mass is 31.2. The quantitative estimate of drug-likeness (QED) is 0.213. The Bertz CT molecular complexity index is 249. The molecule has 0 aromatic rings. The molecule has 0 rings (SSSR count).